The highest BCUT2D eigenvalue weighted by Crippen LogP contribution is 2.24. The molecule has 1 N–H and O–H groups in total. The molecule has 0 spiro atoms. The Morgan fingerprint density at radius 2 is 1.67 bits per heavy atom. The van der Waals surface area contributed by atoms with Gasteiger partial charge in [-0.05, 0) is 29.5 Å². The standard InChI is InChI=1S/C15H24ClNO3S/c1-11(2)8-17(9-12(3)4)21(19,20)14-6-5-13(10-18)15(16)7-14/h5-7,11-12,18H,8-10H2,1-4H3. The number of sulfonamides is 1. The van der Waals surface area contributed by atoms with Gasteiger partial charge in [0.2, 0.25) is 10.0 Å². The van der Waals surface area contributed by atoms with Gasteiger partial charge in [0.15, 0.2) is 0 Å². The van der Waals surface area contributed by atoms with E-state index in [4.69, 9.17) is 16.7 Å². The summed E-state index contributed by atoms with van der Waals surface area (Å²) in [4.78, 5) is 0.172. The van der Waals surface area contributed by atoms with Crippen LogP contribution in [-0.4, -0.2) is 30.9 Å². The summed E-state index contributed by atoms with van der Waals surface area (Å²) in [6.07, 6.45) is 0. The molecule has 0 aliphatic carbocycles. The molecule has 0 radical (unpaired) electrons. The van der Waals surface area contributed by atoms with E-state index in [9.17, 15) is 8.42 Å². The van der Waals surface area contributed by atoms with Gasteiger partial charge in [0.25, 0.3) is 0 Å². The number of rotatable bonds is 7. The molecule has 0 aliphatic heterocycles. The van der Waals surface area contributed by atoms with Crippen LogP contribution in [0.2, 0.25) is 5.02 Å². The molecule has 0 saturated carbocycles. The van der Waals surface area contributed by atoms with Gasteiger partial charge >= 0.3 is 0 Å². The highest BCUT2D eigenvalue weighted by molar-refractivity contribution is 7.89. The second-order valence-corrected chi connectivity index (χ2v) is 8.37. The van der Waals surface area contributed by atoms with Gasteiger partial charge in [0, 0.05) is 18.1 Å². The number of aliphatic hydroxyl groups is 1. The predicted octanol–water partition coefficient (Wildman–Crippen LogP) is 3.14. The summed E-state index contributed by atoms with van der Waals surface area (Å²) in [6, 6.07) is 4.47. The molecule has 0 fully saturated rings. The molecule has 6 heteroatoms. The Bertz CT molecular complexity index is 560. The third kappa shape index (κ3) is 4.95. The van der Waals surface area contributed by atoms with Crippen molar-refractivity contribution in [3.63, 3.8) is 0 Å². The van der Waals surface area contributed by atoms with Gasteiger partial charge in [-0.3, -0.25) is 0 Å². The maximum atomic E-state index is 12.8. The normalized spacial score (nSPS) is 12.6. The summed E-state index contributed by atoms with van der Waals surface area (Å²) in [5, 5.41) is 9.39. The van der Waals surface area contributed by atoms with E-state index in [1.54, 1.807) is 6.07 Å². The summed E-state index contributed by atoms with van der Waals surface area (Å²) in [7, 11) is -3.57. The zero-order valence-electron chi connectivity index (χ0n) is 13.0. The number of halogens is 1. The average Bonchev–Trinajstić information content (AvgIpc) is 2.36. The van der Waals surface area contributed by atoms with E-state index in [-0.39, 0.29) is 28.4 Å². The largest absolute Gasteiger partial charge is 0.392 e. The molecule has 0 bridgehead atoms. The monoisotopic (exact) mass is 333 g/mol. The molecule has 0 atom stereocenters. The topological polar surface area (TPSA) is 57.6 Å². The van der Waals surface area contributed by atoms with E-state index in [1.807, 2.05) is 27.7 Å². The van der Waals surface area contributed by atoms with Crippen LogP contribution in [0, 0.1) is 11.8 Å². The summed E-state index contributed by atoms with van der Waals surface area (Å²) in [5.74, 6) is 0.483. The first-order valence-electron chi connectivity index (χ1n) is 7.08. The molecule has 1 aromatic rings. The molecule has 0 unspecified atom stereocenters. The maximum absolute atomic E-state index is 12.8. The zero-order chi connectivity index (χ0) is 16.2. The molecule has 0 saturated heterocycles. The highest BCUT2D eigenvalue weighted by atomic mass is 35.5. The number of hydrogen-bond donors (Lipinski definition) is 1. The van der Waals surface area contributed by atoms with Crippen molar-refractivity contribution < 1.29 is 13.5 Å². The van der Waals surface area contributed by atoms with E-state index in [2.05, 4.69) is 0 Å². The zero-order valence-corrected chi connectivity index (χ0v) is 14.6. The first-order valence-corrected chi connectivity index (χ1v) is 8.89. The molecule has 120 valence electrons. The van der Waals surface area contributed by atoms with E-state index in [0.717, 1.165) is 0 Å². The quantitative estimate of drug-likeness (QED) is 0.834. The molecular weight excluding hydrogens is 310 g/mol. The molecular formula is C15H24ClNO3S. The first kappa shape index (κ1) is 18.4. The van der Waals surface area contributed by atoms with Crippen molar-refractivity contribution in [2.24, 2.45) is 11.8 Å². The Morgan fingerprint density at radius 1 is 1.14 bits per heavy atom. The van der Waals surface area contributed by atoms with Crippen LogP contribution in [0.4, 0.5) is 0 Å². The van der Waals surface area contributed by atoms with Gasteiger partial charge in [0.1, 0.15) is 0 Å². The van der Waals surface area contributed by atoms with E-state index < -0.39 is 10.0 Å². The lowest BCUT2D eigenvalue weighted by Gasteiger charge is -2.25. The minimum atomic E-state index is -3.57. The van der Waals surface area contributed by atoms with Crippen molar-refractivity contribution in [2.75, 3.05) is 13.1 Å². The average molecular weight is 334 g/mol. The Kier molecular flexibility index (Phi) is 6.66. The number of aliphatic hydroxyl groups excluding tert-OH is 1. The third-order valence-corrected chi connectivity index (χ3v) is 5.15. The predicted molar refractivity (Wildman–Crippen MR) is 85.8 cm³/mol. The van der Waals surface area contributed by atoms with E-state index >= 15 is 0 Å². The van der Waals surface area contributed by atoms with Crippen molar-refractivity contribution in [3.05, 3.63) is 28.8 Å². The SMILES string of the molecule is CC(C)CN(CC(C)C)S(=O)(=O)c1ccc(CO)c(Cl)c1. The van der Waals surface area contributed by atoms with Gasteiger partial charge in [-0.1, -0.05) is 45.4 Å². The van der Waals surface area contributed by atoms with Crippen molar-refractivity contribution in [1.29, 1.82) is 0 Å². The van der Waals surface area contributed by atoms with Crippen LogP contribution in [0.5, 0.6) is 0 Å². The van der Waals surface area contributed by atoms with Crippen LogP contribution in [0.15, 0.2) is 23.1 Å². The molecule has 0 aliphatic rings. The number of hydrogen-bond acceptors (Lipinski definition) is 3. The first-order chi connectivity index (χ1) is 9.68. The Hall–Kier alpha value is -0.620. The second-order valence-electron chi connectivity index (χ2n) is 6.02. The van der Waals surface area contributed by atoms with Gasteiger partial charge in [-0.2, -0.15) is 4.31 Å². The van der Waals surface area contributed by atoms with Crippen LogP contribution in [0.3, 0.4) is 0 Å². The number of benzene rings is 1. The molecule has 21 heavy (non-hydrogen) atoms. The Labute approximate surface area is 132 Å². The van der Waals surface area contributed by atoms with Gasteiger partial charge in [-0.15, -0.1) is 0 Å². The van der Waals surface area contributed by atoms with Gasteiger partial charge in [0.05, 0.1) is 11.5 Å². The van der Waals surface area contributed by atoms with Crippen LogP contribution in [0.1, 0.15) is 33.3 Å². The molecule has 0 amide bonds. The van der Waals surface area contributed by atoms with Crippen LogP contribution in [0.25, 0.3) is 0 Å². The van der Waals surface area contributed by atoms with Gasteiger partial charge in [-0.25, -0.2) is 8.42 Å². The van der Waals surface area contributed by atoms with Gasteiger partial charge < -0.3 is 5.11 Å². The molecule has 0 aromatic heterocycles. The fraction of sp³-hybridized carbons (Fsp3) is 0.600. The van der Waals surface area contributed by atoms with E-state index in [1.165, 1.54) is 16.4 Å². The van der Waals surface area contributed by atoms with Crippen molar-refractivity contribution in [2.45, 2.75) is 39.2 Å². The second kappa shape index (κ2) is 7.58. The summed E-state index contributed by atoms with van der Waals surface area (Å²) in [5.41, 5.74) is 0.523. The minimum Gasteiger partial charge on any atom is -0.392 e. The Morgan fingerprint density at radius 3 is 2.05 bits per heavy atom. The van der Waals surface area contributed by atoms with E-state index in [0.29, 0.717) is 18.7 Å². The Balaban J connectivity index is 3.18. The fourth-order valence-electron chi connectivity index (χ4n) is 2.05. The molecule has 1 rings (SSSR count). The van der Waals surface area contributed by atoms with Crippen molar-refractivity contribution >= 4 is 21.6 Å². The third-order valence-electron chi connectivity index (χ3n) is 2.97. The highest BCUT2D eigenvalue weighted by Gasteiger charge is 2.26. The lowest BCUT2D eigenvalue weighted by molar-refractivity contribution is 0.282. The maximum Gasteiger partial charge on any atom is 0.243 e. The smallest absolute Gasteiger partial charge is 0.243 e. The van der Waals surface area contributed by atoms with Crippen LogP contribution in [-0.2, 0) is 16.6 Å². The van der Waals surface area contributed by atoms with Crippen LogP contribution < -0.4 is 0 Å². The number of nitrogens with zero attached hydrogens (tertiary/aromatic N) is 1. The van der Waals surface area contributed by atoms with Crippen molar-refractivity contribution in [1.82, 2.24) is 4.31 Å². The summed E-state index contributed by atoms with van der Waals surface area (Å²) >= 11 is 6.01. The molecule has 4 nitrogen and oxygen atoms in total. The fourth-order valence-corrected chi connectivity index (χ4v) is 4.15. The van der Waals surface area contributed by atoms with Crippen molar-refractivity contribution in [3.8, 4) is 0 Å². The molecule has 0 heterocycles. The molecule has 1 aromatic carbocycles. The summed E-state index contributed by atoms with van der Waals surface area (Å²) < 4.78 is 27.0. The lowest BCUT2D eigenvalue weighted by atomic mass is 10.2. The van der Waals surface area contributed by atoms with Crippen LogP contribution >= 0.6 is 11.6 Å². The minimum absolute atomic E-state index is 0.172. The summed E-state index contributed by atoms with van der Waals surface area (Å²) in [6.45, 7) is 8.70. The lowest BCUT2D eigenvalue weighted by Crippen LogP contribution is -2.37.